The summed E-state index contributed by atoms with van der Waals surface area (Å²) in [6.45, 7) is 2.68. The molecule has 2 aromatic carbocycles. The van der Waals surface area contributed by atoms with Gasteiger partial charge in [0.25, 0.3) is 0 Å². The maximum absolute atomic E-state index is 6.44. The second-order valence-corrected chi connectivity index (χ2v) is 7.63. The van der Waals surface area contributed by atoms with E-state index in [1.54, 1.807) is 19.2 Å². The van der Waals surface area contributed by atoms with E-state index in [0.29, 0.717) is 45.8 Å². The number of nitrogens with one attached hydrogen (secondary N) is 1. The minimum Gasteiger partial charge on any atom is -0.493 e. The van der Waals surface area contributed by atoms with E-state index in [-0.39, 0.29) is 0 Å². The third-order valence-corrected chi connectivity index (χ3v) is 5.40. The second kappa shape index (κ2) is 9.85. The third kappa shape index (κ3) is 5.66. The van der Waals surface area contributed by atoms with E-state index in [4.69, 9.17) is 49.0 Å². The van der Waals surface area contributed by atoms with Gasteiger partial charge in [0.2, 0.25) is 0 Å². The molecule has 3 rings (SSSR count). The summed E-state index contributed by atoms with van der Waals surface area (Å²) < 4.78 is 17.0. The monoisotopic (exact) mass is 429 g/mol. The van der Waals surface area contributed by atoms with Crippen LogP contribution in [0.1, 0.15) is 24.0 Å². The van der Waals surface area contributed by atoms with Gasteiger partial charge in [0.05, 0.1) is 28.3 Å². The number of rotatable bonds is 8. The summed E-state index contributed by atoms with van der Waals surface area (Å²) in [6.07, 6.45) is 2.55. The molecule has 0 aliphatic carbocycles. The Morgan fingerprint density at radius 3 is 2.59 bits per heavy atom. The van der Waals surface area contributed by atoms with Crippen LogP contribution in [0.5, 0.6) is 11.5 Å². The predicted octanol–water partition coefficient (Wildman–Crippen LogP) is 5.50. The van der Waals surface area contributed by atoms with E-state index in [2.05, 4.69) is 5.32 Å². The van der Waals surface area contributed by atoms with Crippen LogP contribution in [0.25, 0.3) is 0 Å². The van der Waals surface area contributed by atoms with Crippen molar-refractivity contribution in [3.05, 3.63) is 56.5 Å². The summed E-state index contributed by atoms with van der Waals surface area (Å²) in [5.41, 5.74) is 1.92. The minimum atomic E-state index is 0.302. The summed E-state index contributed by atoms with van der Waals surface area (Å²) in [5.74, 6) is 1.10. The molecule has 27 heavy (non-hydrogen) atoms. The molecule has 1 aliphatic heterocycles. The molecule has 0 amide bonds. The van der Waals surface area contributed by atoms with Gasteiger partial charge in [0.1, 0.15) is 6.61 Å². The van der Waals surface area contributed by atoms with Crippen molar-refractivity contribution in [2.75, 3.05) is 20.3 Å². The third-order valence-electron chi connectivity index (χ3n) is 4.38. The SMILES string of the molecule is COc1cc(CNCC2CCCO2)cc(Cl)c1OCc1ccc(Cl)c(Cl)c1. The minimum absolute atomic E-state index is 0.302. The Kier molecular flexibility index (Phi) is 7.50. The Balaban J connectivity index is 1.63. The molecular weight excluding hydrogens is 409 g/mol. The lowest BCUT2D eigenvalue weighted by atomic mass is 10.2. The number of hydrogen-bond donors (Lipinski definition) is 1. The van der Waals surface area contributed by atoms with Gasteiger partial charge in [-0.2, -0.15) is 0 Å². The van der Waals surface area contributed by atoms with Gasteiger partial charge in [0.15, 0.2) is 11.5 Å². The van der Waals surface area contributed by atoms with Crippen molar-refractivity contribution in [3.8, 4) is 11.5 Å². The largest absolute Gasteiger partial charge is 0.493 e. The van der Waals surface area contributed by atoms with E-state index in [0.717, 1.165) is 37.1 Å². The van der Waals surface area contributed by atoms with Crippen LogP contribution in [-0.4, -0.2) is 26.4 Å². The maximum Gasteiger partial charge on any atom is 0.180 e. The molecule has 0 bridgehead atoms. The highest BCUT2D eigenvalue weighted by Gasteiger charge is 2.16. The van der Waals surface area contributed by atoms with Crippen molar-refractivity contribution in [2.45, 2.75) is 32.1 Å². The molecular formula is C20H22Cl3NO3. The molecule has 0 saturated carbocycles. The summed E-state index contributed by atoms with van der Waals surface area (Å²) >= 11 is 18.4. The molecule has 0 spiro atoms. The molecule has 1 heterocycles. The van der Waals surface area contributed by atoms with Crippen LogP contribution < -0.4 is 14.8 Å². The lowest BCUT2D eigenvalue weighted by Gasteiger charge is -2.15. The zero-order chi connectivity index (χ0) is 19.2. The highest BCUT2D eigenvalue weighted by Crippen LogP contribution is 2.37. The molecule has 1 saturated heterocycles. The zero-order valence-corrected chi connectivity index (χ0v) is 17.3. The first-order chi connectivity index (χ1) is 13.1. The van der Waals surface area contributed by atoms with E-state index in [1.165, 1.54) is 0 Å². The van der Waals surface area contributed by atoms with E-state index < -0.39 is 0 Å². The van der Waals surface area contributed by atoms with Gasteiger partial charge >= 0.3 is 0 Å². The first-order valence-corrected chi connectivity index (χ1v) is 9.95. The Bertz CT molecular complexity index is 779. The quantitative estimate of drug-likeness (QED) is 0.600. The first-order valence-electron chi connectivity index (χ1n) is 8.82. The topological polar surface area (TPSA) is 39.7 Å². The maximum atomic E-state index is 6.44. The fraction of sp³-hybridized carbons (Fsp3) is 0.400. The normalized spacial score (nSPS) is 16.5. The van der Waals surface area contributed by atoms with Crippen LogP contribution >= 0.6 is 34.8 Å². The zero-order valence-electron chi connectivity index (χ0n) is 15.1. The Morgan fingerprint density at radius 1 is 1.07 bits per heavy atom. The molecule has 0 aromatic heterocycles. The fourth-order valence-electron chi connectivity index (χ4n) is 2.98. The molecule has 146 valence electrons. The number of methoxy groups -OCH3 is 1. The number of halogens is 3. The van der Waals surface area contributed by atoms with Crippen LogP contribution in [0, 0.1) is 0 Å². The van der Waals surface area contributed by atoms with Crippen LogP contribution in [0.2, 0.25) is 15.1 Å². The van der Waals surface area contributed by atoms with Crippen molar-refractivity contribution in [1.82, 2.24) is 5.32 Å². The molecule has 2 aromatic rings. The van der Waals surface area contributed by atoms with Gasteiger partial charge in [-0.25, -0.2) is 0 Å². The first kappa shape index (κ1) is 20.6. The van der Waals surface area contributed by atoms with Crippen molar-refractivity contribution in [3.63, 3.8) is 0 Å². The molecule has 1 fully saturated rings. The van der Waals surface area contributed by atoms with E-state index >= 15 is 0 Å². The summed E-state index contributed by atoms with van der Waals surface area (Å²) in [6, 6.07) is 9.19. The fourth-order valence-corrected chi connectivity index (χ4v) is 3.59. The lowest BCUT2D eigenvalue weighted by Crippen LogP contribution is -2.25. The van der Waals surface area contributed by atoms with Crippen LogP contribution in [-0.2, 0) is 17.9 Å². The van der Waals surface area contributed by atoms with Crippen molar-refractivity contribution in [2.24, 2.45) is 0 Å². The van der Waals surface area contributed by atoms with Gasteiger partial charge in [-0.15, -0.1) is 0 Å². The molecule has 4 nitrogen and oxygen atoms in total. The second-order valence-electron chi connectivity index (χ2n) is 6.41. The standard InChI is InChI=1S/C20H22Cl3NO3/c1-25-19-9-14(10-24-11-15-3-2-6-26-15)8-18(23)20(19)27-12-13-4-5-16(21)17(22)7-13/h4-5,7-9,15,24H,2-3,6,10-12H2,1H3. The summed E-state index contributed by atoms with van der Waals surface area (Å²) in [4.78, 5) is 0. The molecule has 1 atom stereocenters. The van der Waals surface area contributed by atoms with Crippen LogP contribution in [0.15, 0.2) is 30.3 Å². The smallest absolute Gasteiger partial charge is 0.180 e. The number of benzene rings is 2. The van der Waals surface area contributed by atoms with Gasteiger partial charge in [0, 0.05) is 19.7 Å². The predicted molar refractivity (Wildman–Crippen MR) is 109 cm³/mol. The average Bonchev–Trinajstić information content (AvgIpc) is 3.16. The number of hydrogen-bond acceptors (Lipinski definition) is 4. The van der Waals surface area contributed by atoms with Crippen molar-refractivity contribution < 1.29 is 14.2 Å². The number of ether oxygens (including phenoxy) is 3. The van der Waals surface area contributed by atoms with Gasteiger partial charge in [-0.05, 0) is 48.2 Å². The summed E-state index contributed by atoms with van der Waals surface area (Å²) in [5, 5.41) is 4.91. The Labute approximate surface area is 174 Å². The molecule has 1 unspecified atom stereocenters. The van der Waals surface area contributed by atoms with Gasteiger partial charge in [-0.3, -0.25) is 0 Å². The van der Waals surface area contributed by atoms with Crippen LogP contribution in [0.4, 0.5) is 0 Å². The van der Waals surface area contributed by atoms with Crippen LogP contribution in [0.3, 0.4) is 0 Å². The van der Waals surface area contributed by atoms with Gasteiger partial charge in [-0.1, -0.05) is 40.9 Å². The molecule has 7 heteroatoms. The Morgan fingerprint density at radius 2 is 1.89 bits per heavy atom. The van der Waals surface area contributed by atoms with E-state index in [9.17, 15) is 0 Å². The molecule has 0 radical (unpaired) electrons. The highest BCUT2D eigenvalue weighted by atomic mass is 35.5. The average molecular weight is 431 g/mol. The van der Waals surface area contributed by atoms with Gasteiger partial charge < -0.3 is 19.5 Å². The summed E-state index contributed by atoms with van der Waals surface area (Å²) in [7, 11) is 1.60. The highest BCUT2D eigenvalue weighted by molar-refractivity contribution is 6.42. The molecule has 1 N–H and O–H groups in total. The Hall–Kier alpha value is -1.17. The van der Waals surface area contributed by atoms with Crippen molar-refractivity contribution in [1.29, 1.82) is 0 Å². The molecule has 1 aliphatic rings. The van der Waals surface area contributed by atoms with Crippen molar-refractivity contribution >= 4 is 34.8 Å². The van der Waals surface area contributed by atoms with E-state index in [1.807, 2.05) is 18.2 Å². The lowest BCUT2D eigenvalue weighted by molar-refractivity contribution is 0.110.